The molecule has 1 aliphatic rings. The molecular formula is C18H23N5O. The lowest BCUT2D eigenvalue weighted by Gasteiger charge is -2.31. The number of pyridine rings is 1. The number of rotatable bonds is 4. The maximum Gasteiger partial charge on any atom is 0.229 e. The van der Waals surface area contributed by atoms with Crippen molar-refractivity contribution in [1.82, 2.24) is 19.9 Å². The molecule has 1 N–H and O–H groups in total. The molecule has 0 radical (unpaired) electrons. The van der Waals surface area contributed by atoms with Crippen molar-refractivity contribution in [2.45, 2.75) is 33.2 Å². The smallest absolute Gasteiger partial charge is 0.229 e. The number of anilines is 1. The number of piperidine rings is 1. The number of carbonyl (C=O) groups is 1. The Bertz CT molecular complexity index is 684. The van der Waals surface area contributed by atoms with Crippen molar-refractivity contribution < 1.29 is 4.79 Å². The van der Waals surface area contributed by atoms with Gasteiger partial charge in [-0.25, -0.2) is 4.98 Å². The van der Waals surface area contributed by atoms with Gasteiger partial charge in [-0.2, -0.15) is 0 Å². The third-order valence-electron chi connectivity index (χ3n) is 4.26. The summed E-state index contributed by atoms with van der Waals surface area (Å²) in [6.45, 7) is 6.37. The molecule has 2 aromatic rings. The highest BCUT2D eigenvalue weighted by molar-refractivity contribution is 5.91. The summed E-state index contributed by atoms with van der Waals surface area (Å²) in [7, 11) is 0. The fraction of sp³-hybridized carbons (Fsp3) is 0.444. The van der Waals surface area contributed by atoms with Crippen LogP contribution in [-0.4, -0.2) is 38.8 Å². The fourth-order valence-electron chi connectivity index (χ4n) is 2.91. The molecule has 1 amide bonds. The maximum absolute atomic E-state index is 12.5. The Hall–Kier alpha value is -2.34. The van der Waals surface area contributed by atoms with E-state index >= 15 is 0 Å². The van der Waals surface area contributed by atoms with E-state index in [0.717, 1.165) is 49.4 Å². The van der Waals surface area contributed by atoms with Crippen LogP contribution in [0.15, 0.2) is 30.7 Å². The summed E-state index contributed by atoms with van der Waals surface area (Å²) in [4.78, 5) is 27.7. The molecule has 3 rings (SSSR count). The van der Waals surface area contributed by atoms with Crippen molar-refractivity contribution in [1.29, 1.82) is 0 Å². The van der Waals surface area contributed by atoms with Gasteiger partial charge in [-0.05, 0) is 44.9 Å². The van der Waals surface area contributed by atoms with E-state index in [0.29, 0.717) is 5.82 Å². The Morgan fingerprint density at radius 1 is 1.21 bits per heavy atom. The number of aromatic nitrogens is 3. The molecule has 6 nitrogen and oxygen atoms in total. The number of carbonyl (C=O) groups excluding carboxylic acids is 1. The highest BCUT2D eigenvalue weighted by Gasteiger charge is 2.26. The predicted octanol–water partition coefficient (Wildman–Crippen LogP) is 2.34. The highest BCUT2D eigenvalue weighted by Crippen LogP contribution is 2.19. The third kappa shape index (κ3) is 4.35. The van der Waals surface area contributed by atoms with Gasteiger partial charge in [-0.1, -0.05) is 6.07 Å². The van der Waals surface area contributed by atoms with Gasteiger partial charge in [0.25, 0.3) is 0 Å². The van der Waals surface area contributed by atoms with E-state index in [-0.39, 0.29) is 11.8 Å². The minimum absolute atomic E-state index is 0.0136. The molecule has 0 spiro atoms. The zero-order chi connectivity index (χ0) is 16.9. The van der Waals surface area contributed by atoms with E-state index in [9.17, 15) is 4.79 Å². The van der Waals surface area contributed by atoms with Crippen molar-refractivity contribution in [3.05, 3.63) is 47.7 Å². The van der Waals surface area contributed by atoms with Gasteiger partial charge in [0.15, 0.2) is 0 Å². The number of likely N-dealkylation sites (tertiary alicyclic amines) is 1. The molecule has 2 aromatic heterocycles. The lowest BCUT2D eigenvalue weighted by atomic mass is 9.97. The first-order chi connectivity index (χ1) is 11.6. The van der Waals surface area contributed by atoms with E-state index < -0.39 is 0 Å². The second-order valence-electron chi connectivity index (χ2n) is 6.43. The molecule has 6 heteroatoms. The van der Waals surface area contributed by atoms with Gasteiger partial charge in [0, 0.05) is 31.7 Å². The van der Waals surface area contributed by atoms with Crippen LogP contribution < -0.4 is 5.32 Å². The molecule has 0 unspecified atom stereocenters. The van der Waals surface area contributed by atoms with Gasteiger partial charge in [-0.15, -0.1) is 0 Å². The molecule has 0 aliphatic carbocycles. The lowest BCUT2D eigenvalue weighted by molar-refractivity contribution is -0.121. The average molecular weight is 325 g/mol. The summed E-state index contributed by atoms with van der Waals surface area (Å²) in [6.07, 6.45) is 7.28. The van der Waals surface area contributed by atoms with E-state index in [1.807, 2.05) is 32.2 Å². The van der Waals surface area contributed by atoms with Crippen LogP contribution in [0.5, 0.6) is 0 Å². The fourth-order valence-corrected chi connectivity index (χ4v) is 2.91. The Morgan fingerprint density at radius 2 is 2.08 bits per heavy atom. The Labute approximate surface area is 142 Å². The largest absolute Gasteiger partial charge is 0.310 e. The van der Waals surface area contributed by atoms with Gasteiger partial charge in [-0.3, -0.25) is 19.7 Å². The van der Waals surface area contributed by atoms with Crippen molar-refractivity contribution in [2.24, 2.45) is 5.92 Å². The molecule has 0 saturated carbocycles. The van der Waals surface area contributed by atoms with Crippen LogP contribution in [0.2, 0.25) is 0 Å². The molecule has 1 atom stereocenters. The average Bonchev–Trinajstić information content (AvgIpc) is 2.59. The van der Waals surface area contributed by atoms with Crippen molar-refractivity contribution in [3.8, 4) is 0 Å². The molecule has 24 heavy (non-hydrogen) atoms. The van der Waals surface area contributed by atoms with E-state index in [1.54, 1.807) is 12.4 Å². The van der Waals surface area contributed by atoms with E-state index in [4.69, 9.17) is 0 Å². The number of nitrogens with one attached hydrogen (secondary N) is 1. The monoisotopic (exact) mass is 325 g/mol. The van der Waals surface area contributed by atoms with Gasteiger partial charge >= 0.3 is 0 Å². The Morgan fingerprint density at radius 3 is 2.79 bits per heavy atom. The summed E-state index contributed by atoms with van der Waals surface area (Å²) in [5.74, 6) is 0.651. The van der Waals surface area contributed by atoms with E-state index in [2.05, 4.69) is 25.2 Å². The molecule has 1 aliphatic heterocycles. The summed E-state index contributed by atoms with van der Waals surface area (Å²) in [6, 6.07) is 3.79. The highest BCUT2D eigenvalue weighted by atomic mass is 16.2. The zero-order valence-corrected chi connectivity index (χ0v) is 14.2. The summed E-state index contributed by atoms with van der Waals surface area (Å²) >= 11 is 0. The number of aryl methyl sites for hydroxylation is 2. The summed E-state index contributed by atoms with van der Waals surface area (Å²) < 4.78 is 0. The van der Waals surface area contributed by atoms with Crippen LogP contribution in [-0.2, 0) is 11.3 Å². The van der Waals surface area contributed by atoms with Crippen molar-refractivity contribution in [2.75, 3.05) is 18.4 Å². The maximum atomic E-state index is 12.5. The predicted molar refractivity (Wildman–Crippen MR) is 92.4 cm³/mol. The normalized spacial score (nSPS) is 18.3. The number of hydrogen-bond donors (Lipinski definition) is 1. The topological polar surface area (TPSA) is 71.0 Å². The molecular weight excluding hydrogens is 302 g/mol. The SMILES string of the molecule is Cc1ccc(NC(=O)[C@@H]2CCCN(Cc3cnc(C)cn3)C2)nc1. The Kier molecular flexibility index (Phi) is 5.15. The summed E-state index contributed by atoms with van der Waals surface area (Å²) in [5.41, 5.74) is 2.94. The second-order valence-corrected chi connectivity index (χ2v) is 6.43. The first-order valence-electron chi connectivity index (χ1n) is 8.33. The molecule has 1 fully saturated rings. The van der Waals surface area contributed by atoms with Crippen molar-refractivity contribution >= 4 is 11.7 Å². The number of amides is 1. The molecule has 0 aromatic carbocycles. The lowest BCUT2D eigenvalue weighted by Crippen LogP contribution is -2.40. The minimum Gasteiger partial charge on any atom is -0.310 e. The first-order valence-corrected chi connectivity index (χ1v) is 8.33. The van der Waals surface area contributed by atoms with Crippen LogP contribution in [0, 0.1) is 19.8 Å². The Balaban J connectivity index is 1.57. The van der Waals surface area contributed by atoms with Gasteiger partial charge in [0.05, 0.1) is 17.3 Å². The molecule has 0 bridgehead atoms. The van der Waals surface area contributed by atoms with Gasteiger partial charge < -0.3 is 5.32 Å². The van der Waals surface area contributed by atoms with Crippen LogP contribution in [0.3, 0.4) is 0 Å². The number of nitrogens with zero attached hydrogens (tertiary/aromatic N) is 4. The first kappa shape index (κ1) is 16.5. The quantitative estimate of drug-likeness (QED) is 0.934. The summed E-state index contributed by atoms with van der Waals surface area (Å²) in [5, 5.41) is 2.93. The molecule has 3 heterocycles. The minimum atomic E-state index is -0.0136. The molecule has 1 saturated heterocycles. The van der Waals surface area contributed by atoms with Gasteiger partial charge in [0.1, 0.15) is 5.82 Å². The second kappa shape index (κ2) is 7.49. The van der Waals surface area contributed by atoms with Crippen molar-refractivity contribution in [3.63, 3.8) is 0 Å². The number of hydrogen-bond acceptors (Lipinski definition) is 5. The zero-order valence-electron chi connectivity index (χ0n) is 14.2. The van der Waals surface area contributed by atoms with Gasteiger partial charge in [0.2, 0.25) is 5.91 Å². The van der Waals surface area contributed by atoms with Crippen LogP contribution >= 0.6 is 0 Å². The third-order valence-corrected chi connectivity index (χ3v) is 4.26. The van der Waals surface area contributed by atoms with Crippen LogP contribution in [0.4, 0.5) is 5.82 Å². The standard InChI is InChI=1S/C18H23N5O/c1-13-5-6-17(21-8-13)22-18(24)15-4-3-7-23(11-15)12-16-10-19-14(2)9-20-16/h5-6,8-10,15H,3-4,7,11-12H2,1-2H3,(H,21,22,24)/t15-/m1/s1. The van der Waals surface area contributed by atoms with Crippen LogP contribution in [0.25, 0.3) is 0 Å². The van der Waals surface area contributed by atoms with Crippen LogP contribution in [0.1, 0.15) is 29.8 Å². The molecule has 126 valence electrons. The van der Waals surface area contributed by atoms with E-state index in [1.165, 1.54) is 0 Å².